The number of nitrogens with zero attached hydrogens (tertiary/aromatic N) is 1. The van der Waals surface area contributed by atoms with E-state index in [0.717, 1.165) is 32.4 Å². The summed E-state index contributed by atoms with van der Waals surface area (Å²) in [6.07, 6.45) is 2.75. The van der Waals surface area contributed by atoms with E-state index in [-0.39, 0.29) is 0 Å². The van der Waals surface area contributed by atoms with Crippen molar-refractivity contribution in [3.05, 3.63) is 0 Å². The number of nitriles is 1. The van der Waals surface area contributed by atoms with Crippen LogP contribution >= 0.6 is 0 Å². The van der Waals surface area contributed by atoms with Crippen LogP contribution in [-0.2, 0) is 9.47 Å². The zero-order chi connectivity index (χ0) is 14.6. The SMILES string of the molecule is CCCNC(C)(C#N)CCCOCCOCC(C)C. The topological polar surface area (TPSA) is 54.3 Å². The van der Waals surface area contributed by atoms with Gasteiger partial charge in [0.25, 0.3) is 0 Å². The number of nitrogens with one attached hydrogen (secondary N) is 1. The molecule has 0 aliphatic heterocycles. The Kier molecular flexibility index (Phi) is 10.8. The van der Waals surface area contributed by atoms with Gasteiger partial charge in [-0.25, -0.2) is 0 Å². The summed E-state index contributed by atoms with van der Waals surface area (Å²) in [5.74, 6) is 0.570. The first-order chi connectivity index (χ1) is 9.04. The molecule has 0 aliphatic rings. The van der Waals surface area contributed by atoms with Gasteiger partial charge in [-0.2, -0.15) is 5.26 Å². The average Bonchev–Trinajstić information content (AvgIpc) is 2.39. The Morgan fingerprint density at radius 2 is 1.89 bits per heavy atom. The first-order valence-corrected chi connectivity index (χ1v) is 7.36. The van der Waals surface area contributed by atoms with Crippen LogP contribution in [0.15, 0.2) is 0 Å². The number of hydrogen-bond acceptors (Lipinski definition) is 4. The van der Waals surface area contributed by atoms with Crippen molar-refractivity contribution in [1.82, 2.24) is 5.32 Å². The van der Waals surface area contributed by atoms with Gasteiger partial charge in [0.15, 0.2) is 0 Å². The van der Waals surface area contributed by atoms with Gasteiger partial charge in [0.05, 0.1) is 19.3 Å². The molecule has 0 amide bonds. The lowest BCUT2D eigenvalue weighted by molar-refractivity contribution is 0.0357. The Labute approximate surface area is 118 Å². The molecule has 0 fully saturated rings. The quantitative estimate of drug-likeness (QED) is 0.554. The van der Waals surface area contributed by atoms with E-state index in [2.05, 4.69) is 32.2 Å². The van der Waals surface area contributed by atoms with Gasteiger partial charge in [0.1, 0.15) is 5.54 Å². The zero-order valence-electron chi connectivity index (χ0n) is 13.0. The minimum atomic E-state index is -0.423. The lowest BCUT2D eigenvalue weighted by atomic mass is 9.98. The molecular formula is C15H30N2O2. The third kappa shape index (κ3) is 10.9. The minimum Gasteiger partial charge on any atom is -0.379 e. The maximum atomic E-state index is 9.16. The van der Waals surface area contributed by atoms with Crippen molar-refractivity contribution in [3.8, 4) is 6.07 Å². The standard InChI is InChI=1S/C15H30N2O2/c1-5-8-17-15(4,13-16)7-6-9-18-10-11-19-12-14(2)3/h14,17H,5-12H2,1-4H3. The van der Waals surface area contributed by atoms with Crippen LogP contribution in [0.1, 0.15) is 47.0 Å². The van der Waals surface area contributed by atoms with Gasteiger partial charge in [-0.3, -0.25) is 5.32 Å². The molecule has 4 heteroatoms. The first-order valence-electron chi connectivity index (χ1n) is 7.36. The average molecular weight is 270 g/mol. The molecule has 1 unspecified atom stereocenters. The van der Waals surface area contributed by atoms with E-state index >= 15 is 0 Å². The molecule has 0 aromatic carbocycles. The van der Waals surface area contributed by atoms with Crippen LogP contribution in [0.2, 0.25) is 0 Å². The predicted molar refractivity (Wildman–Crippen MR) is 78.0 cm³/mol. The maximum Gasteiger partial charge on any atom is 0.104 e. The summed E-state index contributed by atoms with van der Waals surface area (Å²) >= 11 is 0. The third-order valence-electron chi connectivity index (χ3n) is 2.80. The van der Waals surface area contributed by atoms with Crippen molar-refractivity contribution in [1.29, 1.82) is 5.26 Å². The molecule has 0 heterocycles. The van der Waals surface area contributed by atoms with Crippen LogP contribution in [0.4, 0.5) is 0 Å². The third-order valence-corrected chi connectivity index (χ3v) is 2.80. The van der Waals surface area contributed by atoms with Crippen LogP contribution < -0.4 is 5.32 Å². The Hall–Kier alpha value is -0.630. The summed E-state index contributed by atoms with van der Waals surface area (Å²) < 4.78 is 10.9. The molecule has 0 aromatic rings. The second-order valence-corrected chi connectivity index (χ2v) is 5.56. The molecule has 19 heavy (non-hydrogen) atoms. The molecule has 0 radical (unpaired) electrons. The Bertz CT molecular complexity index is 251. The highest BCUT2D eigenvalue weighted by molar-refractivity contribution is 5.03. The van der Waals surface area contributed by atoms with E-state index in [4.69, 9.17) is 14.7 Å². The van der Waals surface area contributed by atoms with E-state index in [1.165, 1.54) is 0 Å². The molecule has 0 bridgehead atoms. The highest BCUT2D eigenvalue weighted by Gasteiger charge is 2.21. The van der Waals surface area contributed by atoms with Gasteiger partial charge in [-0.1, -0.05) is 20.8 Å². The monoisotopic (exact) mass is 270 g/mol. The molecule has 1 N–H and O–H groups in total. The molecule has 0 saturated carbocycles. The first kappa shape index (κ1) is 18.4. The highest BCUT2D eigenvalue weighted by atomic mass is 16.5. The molecule has 0 rings (SSSR count). The van der Waals surface area contributed by atoms with Gasteiger partial charge in [-0.15, -0.1) is 0 Å². The highest BCUT2D eigenvalue weighted by Crippen LogP contribution is 2.11. The second kappa shape index (κ2) is 11.2. The van der Waals surface area contributed by atoms with Crippen molar-refractivity contribution < 1.29 is 9.47 Å². The van der Waals surface area contributed by atoms with Crippen molar-refractivity contribution in [3.63, 3.8) is 0 Å². The van der Waals surface area contributed by atoms with Gasteiger partial charge in [0.2, 0.25) is 0 Å². The van der Waals surface area contributed by atoms with Gasteiger partial charge in [0, 0.05) is 13.2 Å². The van der Waals surface area contributed by atoms with Crippen molar-refractivity contribution in [2.75, 3.05) is 33.0 Å². The van der Waals surface area contributed by atoms with E-state index in [1.54, 1.807) is 0 Å². The number of ether oxygens (including phenoxy) is 2. The molecule has 0 aromatic heterocycles. The maximum absolute atomic E-state index is 9.16. The summed E-state index contributed by atoms with van der Waals surface area (Å²) in [6.45, 7) is 12.0. The fourth-order valence-electron chi connectivity index (χ4n) is 1.65. The zero-order valence-corrected chi connectivity index (χ0v) is 13.0. The summed E-state index contributed by atoms with van der Waals surface area (Å²) in [6, 6.07) is 2.35. The Morgan fingerprint density at radius 1 is 1.21 bits per heavy atom. The van der Waals surface area contributed by atoms with Crippen LogP contribution in [-0.4, -0.2) is 38.5 Å². The predicted octanol–water partition coefficient (Wildman–Crippen LogP) is 2.74. The molecule has 1 atom stereocenters. The summed E-state index contributed by atoms with van der Waals surface area (Å²) in [7, 11) is 0. The number of rotatable bonds is 12. The Balaban J connectivity index is 3.49. The second-order valence-electron chi connectivity index (χ2n) is 5.56. The van der Waals surface area contributed by atoms with Gasteiger partial charge >= 0.3 is 0 Å². The van der Waals surface area contributed by atoms with E-state index in [0.29, 0.717) is 25.7 Å². The fourth-order valence-corrected chi connectivity index (χ4v) is 1.65. The van der Waals surface area contributed by atoms with Crippen molar-refractivity contribution in [2.24, 2.45) is 5.92 Å². The van der Waals surface area contributed by atoms with Gasteiger partial charge < -0.3 is 9.47 Å². The molecule has 112 valence electrons. The molecule has 0 spiro atoms. The lowest BCUT2D eigenvalue weighted by Gasteiger charge is -2.22. The molecule has 0 aliphatic carbocycles. The van der Waals surface area contributed by atoms with Crippen molar-refractivity contribution in [2.45, 2.75) is 52.5 Å². The summed E-state index contributed by atoms with van der Waals surface area (Å²) in [5, 5.41) is 12.4. The Morgan fingerprint density at radius 3 is 2.47 bits per heavy atom. The van der Waals surface area contributed by atoms with E-state index in [9.17, 15) is 0 Å². The molecule has 4 nitrogen and oxygen atoms in total. The normalized spacial score (nSPS) is 14.3. The van der Waals surface area contributed by atoms with Gasteiger partial charge in [-0.05, 0) is 38.6 Å². The molecular weight excluding hydrogens is 240 g/mol. The fraction of sp³-hybridized carbons (Fsp3) is 0.933. The minimum absolute atomic E-state index is 0.423. The summed E-state index contributed by atoms with van der Waals surface area (Å²) in [5.41, 5.74) is -0.423. The van der Waals surface area contributed by atoms with Crippen LogP contribution in [0, 0.1) is 17.2 Å². The lowest BCUT2D eigenvalue weighted by Crippen LogP contribution is -2.41. The van der Waals surface area contributed by atoms with Crippen LogP contribution in [0.3, 0.4) is 0 Å². The molecule has 0 saturated heterocycles. The van der Waals surface area contributed by atoms with E-state index < -0.39 is 5.54 Å². The largest absolute Gasteiger partial charge is 0.379 e. The summed E-state index contributed by atoms with van der Waals surface area (Å²) in [4.78, 5) is 0. The smallest absolute Gasteiger partial charge is 0.104 e. The van der Waals surface area contributed by atoms with E-state index in [1.807, 2.05) is 6.92 Å². The van der Waals surface area contributed by atoms with Crippen LogP contribution in [0.5, 0.6) is 0 Å². The van der Waals surface area contributed by atoms with Crippen LogP contribution in [0.25, 0.3) is 0 Å². The van der Waals surface area contributed by atoms with Crippen molar-refractivity contribution >= 4 is 0 Å². The number of hydrogen-bond donors (Lipinski definition) is 1.